The Balaban J connectivity index is 1.38. The highest BCUT2D eigenvalue weighted by molar-refractivity contribution is 5.95. The van der Waals surface area contributed by atoms with Crippen LogP contribution in [0.5, 0.6) is 0 Å². The lowest BCUT2D eigenvalue weighted by molar-refractivity contribution is -0.345. The molecule has 0 radical (unpaired) electrons. The standard InChI is InChI=1S/C48H54N2O15/c1-25(2)21-34(52)50-36(30-19-14-20-60-30)38(54)43(57)62-31-23-48(59)41(64-42(56)28-15-10-8-11-16-28)39-46(7,40(55)37(53)35(26(31)3)45(48,5)6)32(22-33-47(39,24-61-33)65-27(4)51)63-44(58)49-29-17-12-9-13-18-29/h8-21,31-33,36-39,41,53-54,59H,22-24H2,1-7H3,(H,49,58)(H,50,52)/t31-,32-,33+,36-,37+,38+,39-,41-,46+,47-,48+/m0/s1. The second-order valence-electron chi connectivity index (χ2n) is 18.1. The molecule has 1 saturated heterocycles. The summed E-state index contributed by atoms with van der Waals surface area (Å²) in [5.41, 5.74) is -7.02. The molecule has 2 saturated carbocycles. The van der Waals surface area contributed by atoms with Crippen LogP contribution in [0.4, 0.5) is 10.5 Å². The van der Waals surface area contributed by atoms with Crippen molar-refractivity contribution in [1.82, 2.24) is 5.32 Å². The van der Waals surface area contributed by atoms with Crippen LogP contribution in [0.2, 0.25) is 0 Å². The van der Waals surface area contributed by atoms with Crippen molar-refractivity contribution in [1.29, 1.82) is 0 Å². The molecule has 5 N–H and O–H groups in total. The van der Waals surface area contributed by atoms with Crippen LogP contribution in [-0.4, -0.2) is 105 Å². The second-order valence-corrected chi connectivity index (χ2v) is 18.1. The van der Waals surface area contributed by atoms with Crippen LogP contribution in [0.1, 0.15) is 83.5 Å². The number of fused-ring (bicyclic) bond motifs is 5. The molecule has 11 atom stereocenters. The average Bonchev–Trinajstić information content (AvgIpc) is 3.79. The molecule has 1 aromatic heterocycles. The fourth-order valence-corrected chi connectivity index (χ4v) is 10.3. The van der Waals surface area contributed by atoms with Crippen LogP contribution < -0.4 is 10.6 Å². The van der Waals surface area contributed by atoms with Crippen molar-refractivity contribution in [2.24, 2.45) is 16.7 Å². The van der Waals surface area contributed by atoms with Gasteiger partial charge in [0.15, 0.2) is 17.5 Å². The lowest BCUT2D eigenvalue weighted by Gasteiger charge is -2.67. The number of allylic oxidation sites excluding steroid dienone is 1. The van der Waals surface area contributed by atoms with E-state index in [4.69, 9.17) is 28.1 Å². The minimum absolute atomic E-state index is 0.0151. The summed E-state index contributed by atoms with van der Waals surface area (Å²) in [6.07, 6.45) is -9.38. The number of nitrogens with one attached hydrogen (secondary N) is 2. The molecule has 0 spiro atoms. The second kappa shape index (κ2) is 17.7. The van der Waals surface area contributed by atoms with E-state index in [0.29, 0.717) is 11.3 Å². The molecule has 17 nitrogen and oxygen atoms in total. The predicted octanol–water partition coefficient (Wildman–Crippen LogP) is 4.67. The van der Waals surface area contributed by atoms with E-state index in [2.05, 4.69) is 10.6 Å². The van der Waals surface area contributed by atoms with Crippen molar-refractivity contribution in [3.63, 3.8) is 0 Å². The average molecular weight is 899 g/mol. The third-order valence-corrected chi connectivity index (χ3v) is 13.5. The highest BCUT2D eigenvalue weighted by Crippen LogP contribution is 2.64. The quantitative estimate of drug-likeness (QED) is 0.0760. The van der Waals surface area contributed by atoms with Crippen LogP contribution >= 0.6 is 0 Å². The number of amides is 2. The zero-order chi connectivity index (χ0) is 47.2. The number of ether oxygens (including phenoxy) is 5. The van der Waals surface area contributed by atoms with Gasteiger partial charge in [-0.3, -0.25) is 19.7 Å². The van der Waals surface area contributed by atoms with Gasteiger partial charge in [0.2, 0.25) is 5.91 Å². The number of aliphatic hydroxyl groups is 3. The first-order valence-corrected chi connectivity index (χ1v) is 21.3. The smallest absolute Gasteiger partial charge is 0.411 e. The molecule has 0 unspecified atom stereocenters. The van der Waals surface area contributed by atoms with E-state index >= 15 is 4.79 Å². The van der Waals surface area contributed by atoms with Crippen LogP contribution in [-0.2, 0) is 42.9 Å². The summed E-state index contributed by atoms with van der Waals surface area (Å²) in [6.45, 7) is 10.1. The molecule has 2 bridgehead atoms. The minimum Gasteiger partial charge on any atom is -0.467 e. The van der Waals surface area contributed by atoms with Gasteiger partial charge in [-0.25, -0.2) is 14.4 Å². The number of hydrogen-bond acceptors (Lipinski definition) is 15. The maximum atomic E-state index is 15.6. The van der Waals surface area contributed by atoms with Crippen molar-refractivity contribution in [3.8, 4) is 0 Å². The van der Waals surface area contributed by atoms with E-state index in [1.54, 1.807) is 62.4 Å². The van der Waals surface area contributed by atoms with E-state index in [9.17, 15) is 39.3 Å². The lowest BCUT2D eigenvalue weighted by Crippen LogP contribution is -2.82. The Kier molecular flexibility index (Phi) is 12.7. The molecule has 2 amide bonds. The predicted molar refractivity (Wildman–Crippen MR) is 228 cm³/mol. The molecule has 1 aliphatic heterocycles. The number of esters is 3. The van der Waals surface area contributed by atoms with E-state index in [0.717, 1.165) is 6.92 Å². The molecule has 65 heavy (non-hydrogen) atoms. The first-order chi connectivity index (χ1) is 30.6. The van der Waals surface area contributed by atoms with E-state index in [1.807, 2.05) is 0 Å². The van der Waals surface area contributed by atoms with Crippen molar-refractivity contribution in [2.75, 3.05) is 11.9 Å². The molecule has 3 aromatic rings. The summed E-state index contributed by atoms with van der Waals surface area (Å²) in [4.78, 5) is 83.9. The normalized spacial score (nSPS) is 30.8. The summed E-state index contributed by atoms with van der Waals surface area (Å²) in [5.74, 6) is -6.24. The summed E-state index contributed by atoms with van der Waals surface area (Å²) >= 11 is 0. The largest absolute Gasteiger partial charge is 0.467 e. The van der Waals surface area contributed by atoms with Gasteiger partial charge >= 0.3 is 24.0 Å². The van der Waals surface area contributed by atoms with E-state index in [-0.39, 0.29) is 35.5 Å². The molecule has 3 fully saturated rings. The van der Waals surface area contributed by atoms with E-state index < -0.39 is 113 Å². The van der Waals surface area contributed by atoms with Crippen molar-refractivity contribution in [2.45, 2.75) is 115 Å². The zero-order valence-corrected chi connectivity index (χ0v) is 37.1. The fraction of sp³-hybridized carbons (Fsp3) is 0.458. The first kappa shape index (κ1) is 46.8. The number of rotatable bonds is 11. The number of aliphatic hydroxyl groups excluding tert-OH is 2. The van der Waals surface area contributed by atoms with Crippen LogP contribution in [0.25, 0.3) is 0 Å². The molecule has 346 valence electrons. The van der Waals surface area contributed by atoms with Gasteiger partial charge in [-0.15, -0.1) is 0 Å². The summed E-state index contributed by atoms with van der Waals surface area (Å²) in [6, 6.07) is 17.6. The third kappa shape index (κ3) is 8.26. The Morgan fingerprint density at radius 2 is 1.57 bits per heavy atom. The Labute approximate surface area is 375 Å². The van der Waals surface area contributed by atoms with Crippen LogP contribution in [0.15, 0.2) is 106 Å². The number of hydrogen-bond donors (Lipinski definition) is 5. The Hall–Kier alpha value is -6.14. The maximum Gasteiger partial charge on any atom is 0.411 e. The van der Waals surface area contributed by atoms with E-state index in [1.165, 1.54) is 64.3 Å². The number of carbonyl (C=O) groups is 6. The molecule has 2 aromatic carbocycles. The molecule has 4 aliphatic rings. The van der Waals surface area contributed by atoms with Gasteiger partial charge in [-0.05, 0) is 75.2 Å². The molecule has 17 heteroatoms. The van der Waals surface area contributed by atoms with Crippen molar-refractivity contribution in [3.05, 3.63) is 113 Å². The zero-order valence-electron chi connectivity index (χ0n) is 37.1. The number of benzene rings is 2. The number of furan rings is 1. The molecular formula is C48H54N2O15. The third-order valence-electron chi connectivity index (χ3n) is 13.5. The van der Waals surface area contributed by atoms with Crippen molar-refractivity contribution < 1.29 is 72.2 Å². The number of anilines is 1. The maximum absolute atomic E-state index is 15.6. The topological polar surface area (TPSA) is 246 Å². The Morgan fingerprint density at radius 3 is 2.15 bits per heavy atom. The van der Waals surface area contributed by atoms with Gasteiger partial charge in [0.25, 0.3) is 0 Å². The van der Waals surface area contributed by atoms with Gasteiger partial charge in [0, 0.05) is 36.9 Å². The Morgan fingerprint density at radius 1 is 0.908 bits per heavy atom. The fourth-order valence-electron chi connectivity index (χ4n) is 10.3. The summed E-state index contributed by atoms with van der Waals surface area (Å²) in [5, 5.41) is 43.0. The van der Waals surface area contributed by atoms with Gasteiger partial charge < -0.3 is 48.7 Å². The highest BCUT2D eigenvalue weighted by Gasteiger charge is 2.78. The molecule has 3 aliphatic carbocycles. The van der Waals surface area contributed by atoms with Gasteiger partial charge in [-0.2, -0.15) is 0 Å². The lowest BCUT2D eigenvalue weighted by atomic mass is 9.44. The summed E-state index contributed by atoms with van der Waals surface area (Å²) < 4.78 is 36.1. The minimum atomic E-state index is -2.44. The first-order valence-electron chi connectivity index (χ1n) is 21.3. The van der Waals surface area contributed by atoms with Crippen LogP contribution in [0, 0.1) is 16.7 Å². The van der Waals surface area contributed by atoms with Gasteiger partial charge in [0.05, 0.1) is 29.8 Å². The number of ketones is 1. The number of para-hydroxylation sites is 1. The molecule has 2 heterocycles. The van der Waals surface area contributed by atoms with Gasteiger partial charge in [-0.1, -0.05) is 55.8 Å². The monoisotopic (exact) mass is 898 g/mol. The van der Waals surface area contributed by atoms with Gasteiger partial charge in [0.1, 0.15) is 47.9 Å². The SMILES string of the molecule is CC(=O)O[C@@]12CO[C@@H]1C[C@H](OC(=O)Nc1ccccc1)[C@@]1(C)C(=O)[C@H](O)C3=C(C)[C@@H](OC(=O)[C@H](O)[C@@H](NC(=O)C=C(C)C)c4ccco4)C[C@@](O)([C@@H](OC(=O)c4ccccc4)[C@H]21)C3(C)C. The molecular weight excluding hydrogens is 845 g/mol. The molecule has 7 rings (SSSR count). The Bertz CT molecular complexity index is 2390. The number of carbonyl (C=O) groups excluding carboxylic acids is 6. The van der Waals surface area contributed by atoms with Crippen LogP contribution in [0.3, 0.4) is 0 Å². The van der Waals surface area contributed by atoms with Crippen molar-refractivity contribution >= 4 is 41.4 Å². The highest BCUT2D eigenvalue weighted by atomic mass is 16.6. The number of Topliss-reactive ketones (excluding diaryl/α,β-unsaturated/α-hetero) is 1. The summed E-state index contributed by atoms with van der Waals surface area (Å²) in [7, 11) is 0.